The Hall–Kier alpha value is -2.01. The Morgan fingerprint density at radius 1 is 1.10 bits per heavy atom. The van der Waals surface area contributed by atoms with E-state index in [1.807, 2.05) is 0 Å². The molecule has 0 fully saturated rings. The Balaban J connectivity index is 2.39. The normalized spacial score (nSPS) is 11.3. The molecule has 21 heavy (non-hydrogen) atoms. The smallest absolute Gasteiger partial charge is 0.416 e. The van der Waals surface area contributed by atoms with Gasteiger partial charge < -0.3 is 4.74 Å². The van der Waals surface area contributed by atoms with E-state index >= 15 is 0 Å². The van der Waals surface area contributed by atoms with E-state index in [1.54, 1.807) is 24.3 Å². The minimum atomic E-state index is -4.51. The second kappa shape index (κ2) is 5.77. The highest BCUT2D eigenvalue weighted by Crippen LogP contribution is 2.34. The molecule has 0 N–H and O–H groups in total. The van der Waals surface area contributed by atoms with Crippen molar-refractivity contribution in [1.29, 1.82) is 0 Å². The van der Waals surface area contributed by atoms with Crippen LogP contribution in [0.25, 0.3) is 0 Å². The monoisotopic (exact) mass is 314 g/mol. The van der Waals surface area contributed by atoms with Crippen LogP contribution in [-0.2, 0) is 6.18 Å². The molecule has 0 aromatic heterocycles. The SMILES string of the molecule is CC(=O)c1cc(C(F)(F)F)ccc1Oc1ccc(Cl)cc1. The summed E-state index contributed by atoms with van der Waals surface area (Å²) >= 11 is 5.73. The molecule has 0 bridgehead atoms. The number of ether oxygens (including phenoxy) is 1. The van der Waals surface area contributed by atoms with E-state index in [-0.39, 0.29) is 11.3 Å². The van der Waals surface area contributed by atoms with Gasteiger partial charge >= 0.3 is 6.18 Å². The highest BCUT2D eigenvalue weighted by molar-refractivity contribution is 6.30. The van der Waals surface area contributed by atoms with Crippen molar-refractivity contribution in [2.24, 2.45) is 0 Å². The largest absolute Gasteiger partial charge is 0.457 e. The van der Waals surface area contributed by atoms with E-state index in [4.69, 9.17) is 16.3 Å². The number of carbonyl (C=O) groups is 1. The molecule has 110 valence electrons. The molecule has 0 saturated carbocycles. The summed E-state index contributed by atoms with van der Waals surface area (Å²) in [6, 6.07) is 9.07. The van der Waals surface area contributed by atoms with Gasteiger partial charge in [-0.05, 0) is 49.4 Å². The van der Waals surface area contributed by atoms with Gasteiger partial charge in [-0.25, -0.2) is 0 Å². The highest BCUT2D eigenvalue weighted by Gasteiger charge is 2.31. The average Bonchev–Trinajstić information content (AvgIpc) is 2.40. The van der Waals surface area contributed by atoms with Crippen LogP contribution in [-0.4, -0.2) is 5.78 Å². The minimum Gasteiger partial charge on any atom is -0.457 e. The van der Waals surface area contributed by atoms with Crippen LogP contribution in [0, 0.1) is 0 Å². The first-order valence-corrected chi connectivity index (χ1v) is 6.31. The van der Waals surface area contributed by atoms with Crippen LogP contribution < -0.4 is 4.74 Å². The van der Waals surface area contributed by atoms with Crippen molar-refractivity contribution >= 4 is 17.4 Å². The molecular weight excluding hydrogens is 305 g/mol. The third kappa shape index (κ3) is 3.76. The molecule has 0 radical (unpaired) electrons. The first-order chi connectivity index (χ1) is 9.77. The van der Waals surface area contributed by atoms with Crippen LogP contribution >= 0.6 is 11.6 Å². The summed E-state index contributed by atoms with van der Waals surface area (Å²) in [5, 5.41) is 0.501. The molecule has 0 unspecified atom stereocenters. The van der Waals surface area contributed by atoms with Crippen molar-refractivity contribution in [3.05, 3.63) is 58.6 Å². The first kappa shape index (κ1) is 15.4. The maximum absolute atomic E-state index is 12.7. The maximum atomic E-state index is 12.7. The molecular formula is C15H10ClF3O2. The van der Waals surface area contributed by atoms with Gasteiger partial charge in [-0.15, -0.1) is 0 Å². The second-order valence-corrected chi connectivity index (χ2v) is 4.76. The second-order valence-electron chi connectivity index (χ2n) is 4.32. The molecule has 0 aliphatic heterocycles. The molecule has 0 aliphatic rings. The number of carbonyl (C=O) groups excluding carboxylic acids is 1. The van der Waals surface area contributed by atoms with Crippen LogP contribution in [0.5, 0.6) is 11.5 Å². The van der Waals surface area contributed by atoms with E-state index in [0.717, 1.165) is 18.2 Å². The van der Waals surface area contributed by atoms with E-state index in [1.165, 1.54) is 6.92 Å². The number of alkyl halides is 3. The highest BCUT2D eigenvalue weighted by atomic mass is 35.5. The molecule has 0 atom stereocenters. The number of hydrogen-bond donors (Lipinski definition) is 0. The van der Waals surface area contributed by atoms with Gasteiger partial charge in [0.15, 0.2) is 5.78 Å². The molecule has 2 nitrogen and oxygen atoms in total. The van der Waals surface area contributed by atoms with Crippen LogP contribution in [0.3, 0.4) is 0 Å². The quantitative estimate of drug-likeness (QED) is 0.713. The molecule has 0 saturated heterocycles. The zero-order valence-corrected chi connectivity index (χ0v) is 11.6. The zero-order chi connectivity index (χ0) is 15.6. The number of halogens is 4. The van der Waals surface area contributed by atoms with Crippen molar-refractivity contribution in [2.75, 3.05) is 0 Å². The fourth-order valence-corrected chi connectivity index (χ4v) is 1.83. The third-order valence-electron chi connectivity index (χ3n) is 2.73. The molecule has 2 aromatic carbocycles. The third-order valence-corrected chi connectivity index (χ3v) is 2.98. The summed E-state index contributed by atoms with van der Waals surface area (Å²) in [6.07, 6.45) is -4.51. The number of hydrogen-bond acceptors (Lipinski definition) is 2. The van der Waals surface area contributed by atoms with Crippen molar-refractivity contribution in [1.82, 2.24) is 0 Å². The van der Waals surface area contributed by atoms with Crippen molar-refractivity contribution in [2.45, 2.75) is 13.1 Å². The lowest BCUT2D eigenvalue weighted by Gasteiger charge is -2.13. The Morgan fingerprint density at radius 3 is 2.24 bits per heavy atom. The Kier molecular flexibility index (Phi) is 4.23. The molecule has 2 aromatic rings. The van der Waals surface area contributed by atoms with Crippen molar-refractivity contribution in [3.63, 3.8) is 0 Å². The average molecular weight is 315 g/mol. The van der Waals surface area contributed by atoms with Crippen LogP contribution in [0.4, 0.5) is 13.2 Å². The molecule has 2 rings (SSSR count). The van der Waals surface area contributed by atoms with Crippen molar-refractivity contribution in [3.8, 4) is 11.5 Å². The van der Waals surface area contributed by atoms with Gasteiger partial charge in [0.1, 0.15) is 11.5 Å². The fourth-order valence-electron chi connectivity index (χ4n) is 1.70. The lowest BCUT2D eigenvalue weighted by molar-refractivity contribution is -0.137. The summed E-state index contributed by atoms with van der Waals surface area (Å²) in [7, 11) is 0. The van der Waals surface area contributed by atoms with E-state index in [2.05, 4.69) is 0 Å². The van der Waals surface area contributed by atoms with E-state index in [0.29, 0.717) is 10.8 Å². The van der Waals surface area contributed by atoms with Gasteiger partial charge in [-0.1, -0.05) is 11.6 Å². The Morgan fingerprint density at radius 2 is 1.71 bits per heavy atom. The lowest BCUT2D eigenvalue weighted by Crippen LogP contribution is -2.07. The van der Waals surface area contributed by atoms with Crippen LogP contribution in [0.2, 0.25) is 5.02 Å². The first-order valence-electron chi connectivity index (χ1n) is 5.93. The molecule has 0 aliphatic carbocycles. The topological polar surface area (TPSA) is 26.3 Å². The standard InChI is InChI=1S/C15H10ClF3O2/c1-9(20)13-8-10(15(17,18)19)2-7-14(13)21-12-5-3-11(16)4-6-12/h2-8H,1H3. The van der Waals surface area contributed by atoms with E-state index in [9.17, 15) is 18.0 Å². The fraction of sp³-hybridized carbons (Fsp3) is 0.133. The Labute approximate surface area is 124 Å². The number of benzene rings is 2. The van der Waals surface area contributed by atoms with Gasteiger partial charge in [0.05, 0.1) is 11.1 Å². The lowest BCUT2D eigenvalue weighted by atomic mass is 10.1. The van der Waals surface area contributed by atoms with Crippen molar-refractivity contribution < 1.29 is 22.7 Å². The summed E-state index contributed by atoms with van der Waals surface area (Å²) in [4.78, 5) is 11.5. The zero-order valence-electron chi connectivity index (χ0n) is 10.9. The maximum Gasteiger partial charge on any atom is 0.416 e. The van der Waals surface area contributed by atoms with Crippen LogP contribution in [0.15, 0.2) is 42.5 Å². The summed E-state index contributed by atoms with van der Waals surface area (Å²) in [5.74, 6) is -0.0652. The predicted octanol–water partition coefficient (Wildman–Crippen LogP) is 5.35. The van der Waals surface area contributed by atoms with Gasteiger partial charge in [-0.2, -0.15) is 13.2 Å². The molecule has 0 amide bonds. The van der Waals surface area contributed by atoms with Gasteiger partial charge in [0.25, 0.3) is 0 Å². The molecule has 0 heterocycles. The van der Waals surface area contributed by atoms with Gasteiger partial charge in [0.2, 0.25) is 0 Å². The Bertz CT molecular complexity index is 664. The molecule has 0 spiro atoms. The summed E-state index contributed by atoms with van der Waals surface area (Å²) < 4.78 is 43.4. The van der Waals surface area contributed by atoms with E-state index < -0.39 is 17.5 Å². The van der Waals surface area contributed by atoms with Gasteiger partial charge in [-0.3, -0.25) is 4.79 Å². The van der Waals surface area contributed by atoms with Crippen LogP contribution in [0.1, 0.15) is 22.8 Å². The number of ketones is 1. The minimum absolute atomic E-state index is 0.0674. The van der Waals surface area contributed by atoms with Gasteiger partial charge in [0, 0.05) is 5.02 Å². The number of Topliss-reactive ketones (excluding diaryl/α,β-unsaturated/α-hetero) is 1. The number of rotatable bonds is 3. The summed E-state index contributed by atoms with van der Waals surface area (Å²) in [5.41, 5.74) is -1.02. The predicted molar refractivity (Wildman–Crippen MR) is 73.0 cm³/mol. The summed E-state index contributed by atoms with van der Waals surface area (Å²) in [6.45, 7) is 1.18. The molecule has 6 heteroatoms.